The largest absolute Gasteiger partial charge is 0.501 e. The van der Waals surface area contributed by atoms with Gasteiger partial charge < -0.3 is 9.40 Å². The summed E-state index contributed by atoms with van der Waals surface area (Å²) >= 11 is 0. The molecule has 5 aromatic carbocycles. The van der Waals surface area contributed by atoms with Crippen LogP contribution in [0, 0.1) is 36.7 Å². The second kappa shape index (κ2) is 16.1. The molecule has 1 spiro atoms. The number of hydrogen-bond acceptors (Lipinski definition) is 4. The Labute approximate surface area is 373 Å². The van der Waals surface area contributed by atoms with Crippen LogP contribution in [0.1, 0.15) is 124 Å². The Bertz CT molecular complexity index is 3060. The molecule has 0 N–H and O–H groups in total. The second-order valence-corrected chi connectivity index (χ2v) is 18.4. The number of benzene rings is 5. The molecule has 2 fully saturated rings. The first-order chi connectivity index (χ1) is 30.6. The van der Waals surface area contributed by atoms with Gasteiger partial charge in [-0.3, -0.25) is 9.97 Å². The van der Waals surface area contributed by atoms with Gasteiger partial charge in [-0.15, -0.1) is 53.6 Å². The van der Waals surface area contributed by atoms with Crippen LogP contribution >= 0.6 is 0 Å². The minimum absolute atomic E-state index is 0. The fourth-order valence-electron chi connectivity index (χ4n) is 9.10. The Morgan fingerprint density at radius 1 is 0.780 bits per heavy atom. The number of aromatic nitrogens is 3. The number of aryl methyl sites for hydroxylation is 2. The number of pyridine rings is 1. The number of fused-ring (bicyclic) bond motifs is 6. The average Bonchev–Trinajstić information content (AvgIpc) is 3.65. The van der Waals surface area contributed by atoms with Crippen LogP contribution < -0.4 is 0 Å². The first-order valence-electron chi connectivity index (χ1n) is 24.2. The molecule has 8 aromatic rings. The number of furan rings is 1. The Morgan fingerprint density at radius 2 is 1.58 bits per heavy atom. The van der Waals surface area contributed by atoms with Crippen LogP contribution in [-0.2, 0) is 25.5 Å². The minimum atomic E-state index is -2.35. The van der Waals surface area contributed by atoms with Crippen molar-refractivity contribution in [1.29, 1.82) is 0 Å². The van der Waals surface area contributed by atoms with Crippen molar-refractivity contribution in [3.8, 4) is 22.6 Å². The molecule has 0 aliphatic heterocycles. The van der Waals surface area contributed by atoms with Gasteiger partial charge in [-0.2, -0.15) is 0 Å². The molecule has 0 bridgehead atoms. The SMILES string of the molecule is [2H]C([2H])([2H])c1c[c-]c(-c2nccc(C(C)(C)C)n2)cc1.[2H]C([2H])([2H])c1cnc(-c2[c-]ccc3c2oc2cc4c(ccc5ccccc54)cc23)cc1C1([2H])CCC2(CCC(C)(C)CC2)CC1.[Ir]. The third-order valence-corrected chi connectivity index (χ3v) is 12.9. The third-order valence-electron chi connectivity index (χ3n) is 12.9. The van der Waals surface area contributed by atoms with Crippen LogP contribution in [0.25, 0.3) is 66.1 Å². The fourth-order valence-corrected chi connectivity index (χ4v) is 9.10. The van der Waals surface area contributed by atoms with Gasteiger partial charge in [0.15, 0.2) is 0 Å². The van der Waals surface area contributed by atoms with E-state index in [2.05, 4.69) is 110 Å². The van der Waals surface area contributed by atoms with E-state index in [4.69, 9.17) is 12.6 Å². The molecule has 2 saturated carbocycles. The van der Waals surface area contributed by atoms with Crippen molar-refractivity contribution in [2.75, 3.05) is 0 Å². The summed E-state index contributed by atoms with van der Waals surface area (Å²) in [6.07, 6.45) is 11.3. The zero-order valence-electron chi connectivity index (χ0n) is 41.6. The molecular formula is C54H55IrN3O-2. The fraction of sp³-hybridized carbons (Fsp3) is 0.352. The normalized spacial score (nSPS) is 19.3. The van der Waals surface area contributed by atoms with Gasteiger partial charge >= 0.3 is 0 Å². The maximum absolute atomic E-state index is 9.71. The molecular weight excluding hydrogens is 899 g/mol. The van der Waals surface area contributed by atoms with Crippen molar-refractivity contribution in [3.05, 3.63) is 138 Å². The summed E-state index contributed by atoms with van der Waals surface area (Å²) in [5, 5.41) is 6.65. The number of nitrogens with zero attached hydrogens (tertiary/aromatic N) is 3. The molecule has 0 amide bonds. The summed E-state index contributed by atoms with van der Waals surface area (Å²) in [6.45, 7) is 6.52. The summed E-state index contributed by atoms with van der Waals surface area (Å²) < 4.78 is 63.3. The van der Waals surface area contributed by atoms with Crippen molar-refractivity contribution < 1.29 is 34.1 Å². The third kappa shape index (κ3) is 8.26. The zero-order chi connectivity index (χ0) is 46.2. The molecule has 59 heavy (non-hydrogen) atoms. The quantitative estimate of drug-likeness (QED) is 0.131. The zero-order valence-corrected chi connectivity index (χ0v) is 37.0. The summed E-state index contributed by atoms with van der Waals surface area (Å²) in [6, 6.07) is 35.7. The second-order valence-electron chi connectivity index (χ2n) is 18.4. The van der Waals surface area contributed by atoms with Crippen molar-refractivity contribution in [2.45, 2.75) is 111 Å². The monoisotopic (exact) mass is 961 g/mol. The summed E-state index contributed by atoms with van der Waals surface area (Å²) in [7, 11) is 0. The molecule has 2 aliphatic rings. The van der Waals surface area contributed by atoms with Crippen molar-refractivity contribution >= 4 is 43.5 Å². The van der Waals surface area contributed by atoms with E-state index in [0.717, 1.165) is 45.7 Å². The van der Waals surface area contributed by atoms with Crippen LogP contribution in [0.4, 0.5) is 0 Å². The summed E-state index contributed by atoms with van der Waals surface area (Å²) in [4.78, 5) is 13.4. The van der Waals surface area contributed by atoms with Crippen LogP contribution in [0.15, 0.2) is 108 Å². The van der Waals surface area contributed by atoms with E-state index in [-0.39, 0.29) is 36.6 Å². The Hall–Kier alpha value is -4.70. The van der Waals surface area contributed by atoms with Crippen LogP contribution in [0.3, 0.4) is 0 Å². The van der Waals surface area contributed by atoms with Crippen molar-refractivity contribution in [1.82, 2.24) is 15.0 Å². The predicted molar refractivity (Wildman–Crippen MR) is 241 cm³/mol. The molecule has 2 aliphatic carbocycles. The Morgan fingerprint density at radius 3 is 2.32 bits per heavy atom. The molecule has 0 saturated heterocycles. The molecule has 3 aromatic heterocycles. The Balaban J connectivity index is 0.000000238. The van der Waals surface area contributed by atoms with Crippen LogP contribution in [-0.4, -0.2) is 15.0 Å². The topological polar surface area (TPSA) is 51.8 Å². The standard InChI is InChI=1S/C39H38NO.C15H17N2.Ir/c1-25-24-40-35(22-32(25)27-13-15-39(16-14-27)19-17-38(2,3)18-20-39)31-10-6-9-30-34-21-28-12-11-26-7-4-5-8-29(26)33(28)23-36(34)41-37(30)31;1-11-5-7-12(8-6-11)14-16-10-9-13(17-14)15(2,3)4;/h4-9,11-12,21-24,27H,13-20H2,1-3H3;5-7,9-10H,1-4H3;/q2*-1;/i1D3,27D;1D3;. The average molecular weight is 961 g/mol. The molecule has 5 heteroatoms. The van der Waals surface area contributed by atoms with Gasteiger partial charge in [0.1, 0.15) is 5.58 Å². The van der Waals surface area contributed by atoms with Crippen molar-refractivity contribution in [2.24, 2.45) is 10.8 Å². The van der Waals surface area contributed by atoms with Crippen molar-refractivity contribution in [3.63, 3.8) is 0 Å². The van der Waals surface area contributed by atoms with E-state index in [1.165, 1.54) is 48.7 Å². The maximum Gasteiger partial charge on any atom is 0.121 e. The van der Waals surface area contributed by atoms with Gasteiger partial charge in [0.25, 0.3) is 0 Å². The number of rotatable bonds is 3. The van der Waals surface area contributed by atoms with E-state index in [1.54, 1.807) is 18.3 Å². The van der Waals surface area contributed by atoms with Gasteiger partial charge in [-0.25, -0.2) is 0 Å². The van der Waals surface area contributed by atoms with Gasteiger partial charge in [0, 0.05) is 58.6 Å². The van der Waals surface area contributed by atoms with Crippen LogP contribution in [0.2, 0.25) is 0 Å². The summed E-state index contributed by atoms with van der Waals surface area (Å²) in [5.74, 6) is -0.408. The summed E-state index contributed by atoms with van der Waals surface area (Å²) in [5.41, 5.74) is 6.07. The molecule has 3 heterocycles. The minimum Gasteiger partial charge on any atom is -0.501 e. The maximum atomic E-state index is 9.71. The van der Waals surface area contributed by atoms with Gasteiger partial charge in [-0.1, -0.05) is 94.9 Å². The molecule has 4 nitrogen and oxygen atoms in total. The van der Waals surface area contributed by atoms with Crippen LogP contribution in [0.5, 0.6) is 0 Å². The first-order valence-corrected chi connectivity index (χ1v) is 20.7. The first kappa shape index (κ1) is 33.1. The van der Waals surface area contributed by atoms with Gasteiger partial charge in [0.2, 0.25) is 0 Å². The van der Waals surface area contributed by atoms with E-state index in [9.17, 15) is 1.37 Å². The van der Waals surface area contributed by atoms with E-state index in [0.29, 0.717) is 57.5 Å². The van der Waals surface area contributed by atoms with Gasteiger partial charge in [-0.05, 0) is 132 Å². The van der Waals surface area contributed by atoms with E-state index in [1.807, 2.05) is 24.3 Å². The van der Waals surface area contributed by atoms with E-state index >= 15 is 0 Å². The molecule has 0 atom stereocenters. The smallest absolute Gasteiger partial charge is 0.121 e. The Kier molecular flexibility index (Phi) is 9.00. The van der Waals surface area contributed by atoms with E-state index < -0.39 is 19.6 Å². The molecule has 303 valence electrons. The molecule has 1 radical (unpaired) electrons. The number of hydrogen-bond donors (Lipinski definition) is 0. The predicted octanol–water partition coefficient (Wildman–Crippen LogP) is 14.9. The molecule has 10 rings (SSSR count). The molecule has 0 unspecified atom stereocenters. The van der Waals surface area contributed by atoms with Gasteiger partial charge in [0.05, 0.1) is 11.4 Å².